The number of hydrogen-bond donors (Lipinski definition) is 2. The summed E-state index contributed by atoms with van der Waals surface area (Å²) < 4.78 is 39.3. The highest BCUT2D eigenvalue weighted by Crippen LogP contribution is 2.31. The Kier molecular flexibility index (Phi) is 5.96. The number of carbonyl (C=O) groups is 2. The number of alkyl halides is 3. The average Bonchev–Trinajstić information content (AvgIpc) is 3.02. The molecule has 0 aliphatic carbocycles. The van der Waals surface area contributed by atoms with Crippen LogP contribution in [0.15, 0.2) is 30.5 Å². The summed E-state index contributed by atoms with van der Waals surface area (Å²) in [6, 6.07) is 5.10. The molecule has 1 atom stereocenters. The summed E-state index contributed by atoms with van der Waals surface area (Å²) in [7, 11) is 0. The van der Waals surface area contributed by atoms with Gasteiger partial charge in [-0.15, -0.1) is 5.10 Å². The Bertz CT molecular complexity index is 789. The van der Waals surface area contributed by atoms with Crippen LogP contribution in [0.2, 0.25) is 0 Å². The number of nitrogens with one attached hydrogen (secondary N) is 1. The Morgan fingerprint density at radius 3 is 2.69 bits per heavy atom. The second-order valence-electron chi connectivity index (χ2n) is 5.77. The normalized spacial score (nSPS) is 12.6. The maximum atomic E-state index is 12.7. The maximum Gasteiger partial charge on any atom is 0.416 e. The van der Waals surface area contributed by atoms with Crippen LogP contribution < -0.4 is 5.32 Å². The van der Waals surface area contributed by atoms with Crippen LogP contribution in [0.5, 0.6) is 0 Å². The van der Waals surface area contributed by atoms with Gasteiger partial charge in [0, 0.05) is 6.54 Å². The van der Waals surface area contributed by atoms with Crippen molar-refractivity contribution in [2.24, 2.45) is 0 Å². The highest BCUT2D eigenvalue weighted by atomic mass is 19.4. The van der Waals surface area contributed by atoms with Gasteiger partial charge in [0.1, 0.15) is 6.54 Å². The summed E-state index contributed by atoms with van der Waals surface area (Å²) in [6.45, 7) is 1.84. The van der Waals surface area contributed by atoms with Crippen molar-refractivity contribution in [3.8, 4) is 0 Å². The van der Waals surface area contributed by atoms with Gasteiger partial charge in [0.05, 0.1) is 11.8 Å². The van der Waals surface area contributed by atoms with Gasteiger partial charge in [0.15, 0.2) is 5.69 Å². The number of nitrogens with zero attached hydrogens (tertiary/aromatic N) is 3. The van der Waals surface area contributed by atoms with Crippen LogP contribution in [0.3, 0.4) is 0 Å². The van der Waals surface area contributed by atoms with E-state index in [1.807, 2.05) is 0 Å². The van der Waals surface area contributed by atoms with E-state index in [-0.39, 0.29) is 24.7 Å². The van der Waals surface area contributed by atoms with Gasteiger partial charge in [0.2, 0.25) is 5.91 Å². The minimum Gasteiger partial charge on any atom is -0.476 e. The molecule has 1 aromatic carbocycles. The van der Waals surface area contributed by atoms with Crippen molar-refractivity contribution in [3.05, 3.63) is 47.3 Å². The minimum atomic E-state index is -4.39. The first-order chi connectivity index (χ1) is 12.2. The molecule has 10 heteroatoms. The number of amides is 1. The summed E-state index contributed by atoms with van der Waals surface area (Å²) in [5.74, 6) is -1.82. The van der Waals surface area contributed by atoms with Crippen LogP contribution in [-0.4, -0.2) is 38.5 Å². The number of carboxylic acid groups (broad SMARTS) is 1. The van der Waals surface area contributed by atoms with Crippen molar-refractivity contribution >= 4 is 11.9 Å². The number of rotatable bonds is 7. The van der Waals surface area contributed by atoms with Crippen molar-refractivity contribution in [1.82, 2.24) is 20.3 Å². The third kappa shape index (κ3) is 5.30. The number of benzene rings is 1. The molecule has 0 bridgehead atoms. The molecule has 0 fully saturated rings. The van der Waals surface area contributed by atoms with E-state index in [9.17, 15) is 22.8 Å². The van der Waals surface area contributed by atoms with Gasteiger partial charge in [-0.1, -0.05) is 30.3 Å². The van der Waals surface area contributed by atoms with Crippen molar-refractivity contribution in [2.45, 2.75) is 32.0 Å². The number of aromatic carboxylic acids is 1. The highest BCUT2D eigenvalue weighted by molar-refractivity contribution is 5.84. The molecule has 1 heterocycles. The fourth-order valence-corrected chi connectivity index (χ4v) is 2.29. The molecule has 0 saturated heterocycles. The average molecular weight is 370 g/mol. The van der Waals surface area contributed by atoms with Crippen LogP contribution >= 0.6 is 0 Å². The maximum absolute atomic E-state index is 12.7. The molecule has 1 aromatic heterocycles. The fourth-order valence-electron chi connectivity index (χ4n) is 2.29. The van der Waals surface area contributed by atoms with E-state index in [0.29, 0.717) is 12.0 Å². The first kappa shape index (κ1) is 19.4. The van der Waals surface area contributed by atoms with E-state index in [4.69, 9.17) is 5.11 Å². The van der Waals surface area contributed by atoms with E-state index < -0.39 is 23.6 Å². The van der Waals surface area contributed by atoms with Crippen molar-refractivity contribution in [2.75, 3.05) is 6.54 Å². The van der Waals surface area contributed by atoms with Crippen LogP contribution in [0.25, 0.3) is 0 Å². The Morgan fingerprint density at radius 1 is 1.35 bits per heavy atom. The minimum absolute atomic E-state index is 0.178. The van der Waals surface area contributed by atoms with E-state index in [1.54, 1.807) is 13.0 Å². The molecule has 0 saturated carbocycles. The quantitative estimate of drug-likeness (QED) is 0.780. The first-order valence-electron chi connectivity index (χ1n) is 7.74. The van der Waals surface area contributed by atoms with E-state index >= 15 is 0 Å². The Morgan fingerprint density at radius 2 is 2.08 bits per heavy atom. The predicted octanol–water partition coefficient (Wildman–Crippen LogP) is 2.31. The second kappa shape index (κ2) is 7.98. The lowest BCUT2D eigenvalue weighted by Gasteiger charge is -2.15. The zero-order valence-electron chi connectivity index (χ0n) is 13.8. The van der Waals surface area contributed by atoms with Crippen molar-refractivity contribution in [1.29, 1.82) is 0 Å². The molecule has 1 unspecified atom stereocenters. The number of carboxylic acids is 1. The molecule has 0 aliphatic heterocycles. The summed E-state index contributed by atoms with van der Waals surface area (Å²) in [5, 5.41) is 18.2. The lowest BCUT2D eigenvalue weighted by atomic mass is 9.96. The number of carbonyl (C=O) groups excluding carboxylic acids is 1. The summed E-state index contributed by atoms with van der Waals surface area (Å²) in [5.41, 5.74) is -0.432. The predicted molar refractivity (Wildman–Crippen MR) is 84.5 cm³/mol. The van der Waals surface area contributed by atoms with Gasteiger partial charge < -0.3 is 10.4 Å². The van der Waals surface area contributed by atoms with Crippen LogP contribution in [-0.2, 0) is 17.5 Å². The second-order valence-corrected chi connectivity index (χ2v) is 5.77. The Balaban J connectivity index is 1.83. The van der Waals surface area contributed by atoms with Crippen LogP contribution in [0.4, 0.5) is 13.2 Å². The smallest absolute Gasteiger partial charge is 0.416 e. The molecular formula is C16H17F3N4O3. The zero-order valence-corrected chi connectivity index (χ0v) is 13.8. The van der Waals surface area contributed by atoms with E-state index in [2.05, 4.69) is 15.6 Å². The van der Waals surface area contributed by atoms with Gasteiger partial charge in [-0.25, -0.2) is 9.48 Å². The van der Waals surface area contributed by atoms with E-state index in [1.165, 1.54) is 6.07 Å². The molecule has 0 spiro atoms. The van der Waals surface area contributed by atoms with Crippen molar-refractivity contribution < 1.29 is 27.9 Å². The standard InChI is InChI=1S/C16H17F3N4O3/c1-10(11-3-2-4-12(7-11)16(17,18)19)5-6-20-14(24)9-23-8-13(15(25)26)21-22-23/h2-4,7-8,10H,5-6,9H2,1H3,(H,20,24)(H,25,26). The zero-order chi connectivity index (χ0) is 19.3. The molecule has 2 aromatic rings. The molecule has 7 nitrogen and oxygen atoms in total. The van der Waals surface area contributed by atoms with E-state index in [0.717, 1.165) is 23.0 Å². The van der Waals surface area contributed by atoms with Crippen molar-refractivity contribution in [3.63, 3.8) is 0 Å². The van der Waals surface area contributed by atoms with Gasteiger partial charge in [-0.2, -0.15) is 13.2 Å². The first-order valence-corrected chi connectivity index (χ1v) is 7.74. The highest BCUT2D eigenvalue weighted by Gasteiger charge is 2.30. The lowest BCUT2D eigenvalue weighted by molar-refractivity contribution is -0.137. The van der Waals surface area contributed by atoms with Gasteiger partial charge in [0.25, 0.3) is 0 Å². The van der Waals surface area contributed by atoms with Gasteiger partial charge in [-0.3, -0.25) is 4.79 Å². The topological polar surface area (TPSA) is 97.1 Å². The Labute approximate surface area is 146 Å². The van der Waals surface area contributed by atoms with Crippen LogP contribution in [0.1, 0.15) is 40.9 Å². The Hall–Kier alpha value is -2.91. The third-order valence-corrected chi connectivity index (χ3v) is 3.75. The molecule has 26 heavy (non-hydrogen) atoms. The molecular weight excluding hydrogens is 353 g/mol. The number of hydrogen-bond acceptors (Lipinski definition) is 4. The largest absolute Gasteiger partial charge is 0.476 e. The monoisotopic (exact) mass is 370 g/mol. The van der Waals surface area contributed by atoms with Gasteiger partial charge >= 0.3 is 12.1 Å². The molecule has 140 valence electrons. The summed E-state index contributed by atoms with van der Waals surface area (Å²) in [4.78, 5) is 22.5. The van der Waals surface area contributed by atoms with Crippen LogP contribution in [0, 0.1) is 0 Å². The van der Waals surface area contributed by atoms with Gasteiger partial charge in [-0.05, 0) is 24.0 Å². The third-order valence-electron chi connectivity index (χ3n) is 3.75. The number of halogens is 3. The summed E-state index contributed by atoms with van der Waals surface area (Å²) >= 11 is 0. The molecule has 2 N–H and O–H groups in total. The molecule has 0 aliphatic rings. The number of aromatic nitrogens is 3. The SMILES string of the molecule is CC(CCNC(=O)Cn1cc(C(=O)O)nn1)c1cccc(C(F)(F)F)c1. The summed E-state index contributed by atoms with van der Waals surface area (Å²) in [6.07, 6.45) is -2.81. The molecule has 2 rings (SSSR count). The molecule has 1 amide bonds. The fraction of sp³-hybridized carbons (Fsp3) is 0.375. The molecule has 0 radical (unpaired) electrons. The lowest BCUT2D eigenvalue weighted by Crippen LogP contribution is -2.29.